The molecule has 5 nitrogen and oxygen atoms in total. The van der Waals surface area contributed by atoms with Crippen LogP contribution in [-0.2, 0) is 0 Å². The molecule has 0 radical (unpaired) electrons. The Balaban J connectivity index is 2.07. The van der Waals surface area contributed by atoms with Crippen LogP contribution < -0.4 is 10.6 Å². The van der Waals surface area contributed by atoms with Gasteiger partial charge in [0, 0.05) is 0 Å². The van der Waals surface area contributed by atoms with Crippen molar-refractivity contribution >= 4 is 11.7 Å². The smallest absolute Gasteiger partial charge is 0.320 e. The maximum atomic E-state index is 13.5. The topological polar surface area (TPSA) is 63.0 Å². The summed E-state index contributed by atoms with van der Waals surface area (Å²) in [4.78, 5) is 0. The van der Waals surface area contributed by atoms with Crippen LogP contribution in [0.2, 0.25) is 0 Å². The molecule has 1 heterocycles. The van der Waals surface area contributed by atoms with Gasteiger partial charge in [-0.1, -0.05) is 18.1 Å². The second-order valence-electron chi connectivity index (χ2n) is 4.35. The van der Waals surface area contributed by atoms with Gasteiger partial charge in [0.1, 0.15) is 0 Å². The summed E-state index contributed by atoms with van der Waals surface area (Å²) >= 11 is 0. The highest BCUT2D eigenvalue weighted by Gasteiger charge is 2.15. The lowest BCUT2D eigenvalue weighted by Crippen LogP contribution is -2.19. The van der Waals surface area contributed by atoms with Gasteiger partial charge in [-0.25, -0.2) is 8.78 Å². The van der Waals surface area contributed by atoms with Crippen molar-refractivity contribution in [1.29, 1.82) is 0 Å². The van der Waals surface area contributed by atoms with Crippen LogP contribution in [0.25, 0.3) is 0 Å². The average molecular weight is 282 g/mol. The minimum Gasteiger partial charge on any atom is -0.406 e. The zero-order valence-electron chi connectivity index (χ0n) is 11.3. The molecular formula is C13H16F2N4O. The Labute approximate surface area is 115 Å². The van der Waals surface area contributed by atoms with Crippen molar-refractivity contribution in [3.63, 3.8) is 0 Å². The first-order chi connectivity index (χ1) is 9.61. The van der Waals surface area contributed by atoms with Crippen LogP contribution in [0, 0.1) is 11.6 Å². The van der Waals surface area contributed by atoms with Crippen molar-refractivity contribution < 1.29 is 13.2 Å². The highest BCUT2D eigenvalue weighted by Crippen LogP contribution is 2.22. The van der Waals surface area contributed by atoms with E-state index in [2.05, 4.69) is 20.8 Å². The summed E-state index contributed by atoms with van der Waals surface area (Å²) in [6.07, 6.45) is 0.984. The number of benzene rings is 1. The second-order valence-corrected chi connectivity index (χ2v) is 4.35. The van der Waals surface area contributed by atoms with E-state index < -0.39 is 11.6 Å². The zero-order chi connectivity index (χ0) is 14.5. The lowest BCUT2D eigenvalue weighted by Gasteiger charge is -2.07. The first-order valence-electron chi connectivity index (χ1n) is 6.39. The first-order valence-corrected chi connectivity index (χ1v) is 6.39. The highest BCUT2D eigenvalue weighted by atomic mass is 19.2. The maximum absolute atomic E-state index is 13.5. The van der Waals surface area contributed by atoms with Crippen LogP contribution in [0.5, 0.6) is 0 Å². The first kappa shape index (κ1) is 14.4. The fourth-order valence-corrected chi connectivity index (χ4v) is 1.62. The summed E-state index contributed by atoms with van der Waals surface area (Å²) in [7, 11) is 0. The molecule has 0 saturated carbocycles. The molecule has 1 aromatic carbocycles. The van der Waals surface area contributed by atoms with E-state index in [1.165, 1.54) is 12.1 Å². The second kappa shape index (κ2) is 6.42. The van der Waals surface area contributed by atoms with Gasteiger partial charge < -0.3 is 15.1 Å². The molecule has 2 N–H and O–H groups in total. The van der Waals surface area contributed by atoms with Gasteiger partial charge in [0.15, 0.2) is 11.6 Å². The molecule has 0 spiro atoms. The third kappa shape index (κ3) is 3.30. The van der Waals surface area contributed by atoms with E-state index in [0.29, 0.717) is 5.89 Å². The molecular weight excluding hydrogens is 266 g/mol. The standard InChI is InChI=1S/C13H16F2N4O/c1-3-7-16-8(2)12-18-19-13(20-12)17-10-6-4-5-9(14)11(10)15/h4-6,8,16H,3,7H2,1-2H3,(H,17,19). The molecule has 7 heteroatoms. The van der Waals surface area contributed by atoms with E-state index in [1.807, 2.05) is 13.8 Å². The van der Waals surface area contributed by atoms with Crippen molar-refractivity contribution in [3.8, 4) is 0 Å². The van der Waals surface area contributed by atoms with Gasteiger partial charge in [0.25, 0.3) is 0 Å². The summed E-state index contributed by atoms with van der Waals surface area (Å²) in [6.45, 7) is 4.76. The molecule has 2 aromatic rings. The number of aromatic nitrogens is 2. The molecule has 0 aliphatic rings. The number of hydrogen-bond acceptors (Lipinski definition) is 5. The Morgan fingerprint density at radius 1 is 1.30 bits per heavy atom. The monoisotopic (exact) mass is 282 g/mol. The summed E-state index contributed by atoms with van der Waals surface area (Å²) in [5.74, 6) is -1.53. The molecule has 108 valence electrons. The van der Waals surface area contributed by atoms with Crippen LogP contribution in [0.4, 0.5) is 20.5 Å². The number of nitrogens with zero attached hydrogens (tertiary/aromatic N) is 2. The largest absolute Gasteiger partial charge is 0.406 e. The predicted octanol–water partition coefficient (Wildman–Crippen LogP) is 3.15. The van der Waals surface area contributed by atoms with Gasteiger partial charge in [-0.2, -0.15) is 0 Å². The minimum absolute atomic E-state index is 0.0228. The third-order valence-corrected chi connectivity index (χ3v) is 2.70. The van der Waals surface area contributed by atoms with E-state index in [9.17, 15) is 8.78 Å². The van der Waals surface area contributed by atoms with Crippen LogP contribution in [0.3, 0.4) is 0 Å². The lowest BCUT2D eigenvalue weighted by atomic mass is 10.3. The normalized spacial score (nSPS) is 12.4. The fourth-order valence-electron chi connectivity index (χ4n) is 1.62. The minimum atomic E-state index is -0.982. The molecule has 20 heavy (non-hydrogen) atoms. The molecule has 2 rings (SSSR count). The molecule has 1 atom stereocenters. The molecule has 0 aliphatic heterocycles. The van der Waals surface area contributed by atoms with Gasteiger partial charge in [0.2, 0.25) is 5.89 Å². The van der Waals surface area contributed by atoms with E-state index >= 15 is 0 Å². The number of halogens is 2. The van der Waals surface area contributed by atoms with Crippen LogP contribution in [0.15, 0.2) is 22.6 Å². The Kier molecular flexibility index (Phi) is 4.62. The van der Waals surface area contributed by atoms with E-state index in [-0.39, 0.29) is 17.7 Å². The number of hydrogen-bond donors (Lipinski definition) is 2. The molecule has 0 aliphatic carbocycles. The summed E-state index contributed by atoms with van der Waals surface area (Å²) in [6, 6.07) is 3.74. The average Bonchev–Trinajstić information content (AvgIpc) is 2.90. The maximum Gasteiger partial charge on any atom is 0.320 e. The zero-order valence-corrected chi connectivity index (χ0v) is 11.3. The summed E-state index contributed by atoms with van der Waals surface area (Å²) in [5, 5.41) is 13.4. The Morgan fingerprint density at radius 3 is 2.85 bits per heavy atom. The SMILES string of the molecule is CCCNC(C)c1nnc(Nc2cccc(F)c2F)o1. The molecule has 0 saturated heterocycles. The van der Waals surface area contributed by atoms with Gasteiger partial charge in [-0.05, 0) is 32.0 Å². The van der Waals surface area contributed by atoms with Gasteiger partial charge in [-0.15, -0.1) is 5.10 Å². The quantitative estimate of drug-likeness (QED) is 0.852. The summed E-state index contributed by atoms with van der Waals surface area (Å²) in [5.41, 5.74) is -0.0469. The van der Waals surface area contributed by atoms with E-state index in [0.717, 1.165) is 19.0 Å². The molecule has 1 unspecified atom stereocenters. The van der Waals surface area contributed by atoms with Crippen molar-refractivity contribution in [1.82, 2.24) is 15.5 Å². The van der Waals surface area contributed by atoms with Crippen molar-refractivity contribution in [2.75, 3.05) is 11.9 Å². The Bertz CT molecular complexity index is 573. The molecule has 0 amide bonds. The van der Waals surface area contributed by atoms with Gasteiger partial charge >= 0.3 is 6.01 Å². The van der Waals surface area contributed by atoms with E-state index in [4.69, 9.17) is 4.42 Å². The van der Waals surface area contributed by atoms with Crippen molar-refractivity contribution in [3.05, 3.63) is 35.7 Å². The van der Waals surface area contributed by atoms with Gasteiger partial charge in [-0.3, -0.25) is 0 Å². The number of nitrogens with one attached hydrogen (secondary N) is 2. The molecule has 0 bridgehead atoms. The number of rotatable bonds is 6. The van der Waals surface area contributed by atoms with Gasteiger partial charge in [0.05, 0.1) is 11.7 Å². The Morgan fingerprint density at radius 2 is 2.10 bits per heavy atom. The van der Waals surface area contributed by atoms with E-state index in [1.54, 1.807) is 0 Å². The molecule has 0 fully saturated rings. The third-order valence-electron chi connectivity index (χ3n) is 2.70. The highest BCUT2D eigenvalue weighted by molar-refractivity contribution is 5.52. The van der Waals surface area contributed by atoms with Crippen LogP contribution in [0.1, 0.15) is 32.2 Å². The molecule has 1 aromatic heterocycles. The Hall–Kier alpha value is -2.02. The van der Waals surface area contributed by atoms with Crippen molar-refractivity contribution in [2.24, 2.45) is 0 Å². The lowest BCUT2D eigenvalue weighted by molar-refractivity contribution is 0.424. The van der Waals surface area contributed by atoms with Crippen LogP contribution in [-0.4, -0.2) is 16.7 Å². The van der Waals surface area contributed by atoms with Crippen molar-refractivity contribution in [2.45, 2.75) is 26.3 Å². The predicted molar refractivity (Wildman–Crippen MR) is 70.6 cm³/mol. The van der Waals surface area contributed by atoms with Crippen LogP contribution >= 0.6 is 0 Å². The summed E-state index contributed by atoms with van der Waals surface area (Å²) < 4.78 is 31.9. The fraction of sp³-hybridized carbons (Fsp3) is 0.385. The number of anilines is 2.